The Hall–Kier alpha value is -1.01. The molecule has 2 amide bonds. The highest BCUT2D eigenvalue weighted by molar-refractivity contribution is 6.42. The Morgan fingerprint density at radius 1 is 1.31 bits per heavy atom. The molecule has 1 aliphatic heterocycles. The minimum atomic E-state index is -0.444. The van der Waals surface area contributed by atoms with Crippen LogP contribution >= 0.6 is 35.6 Å². The van der Waals surface area contributed by atoms with E-state index in [9.17, 15) is 9.59 Å². The zero-order chi connectivity index (χ0) is 18.8. The largest absolute Gasteiger partial charge is 0.343 e. The van der Waals surface area contributed by atoms with Gasteiger partial charge in [-0.2, -0.15) is 0 Å². The lowest BCUT2D eigenvalue weighted by Gasteiger charge is -2.33. The number of rotatable bonds is 5. The van der Waals surface area contributed by atoms with Crippen LogP contribution < -0.4 is 5.73 Å². The minimum Gasteiger partial charge on any atom is -0.343 e. The van der Waals surface area contributed by atoms with Crippen molar-refractivity contribution in [1.82, 2.24) is 9.80 Å². The van der Waals surface area contributed by atoms with Crippen LogP contribution in [0.1, 0.15) is 37.0 Å². The van der Waals surface area contributed by atoms with Crippen molar-refractivity contribution < 1.29 is 9.59 Å². The fourth-order valence-electron chi connectivity index (χ4n) is 3.10. The topological polar surface area (TPSA) is 66.6 Å². The second-order valence-electron chi connectivity index (χ2n) is 7.35. The molecule has 0 aliphatic carbocycles. The van der Waals surface area contributed by atoms with Crippen molar-refractivity contribution in [2.45, 2.75) is 32.7 Å². The van der Waals surface area contributed by atoms with Crippen LogP contribution in [0.3, 0.4) is 0 Å². The number of hydrogen-bond donors (Lipinski definition) is 1. The summed E-state index contributed by atoms with van der Waals surface area (Å²) in [5.74, 6) is -0.242. The molecular formula is C18H26Cl3N3O2. The van der Waals surface area contributed by atoms with Gasteiger partial charge in [0.15, 0.2) is 0 Å². The Balaban J connectivity index is 0.00000338. The summed E-state index contributed by atoms with van der Waals surface area (Å²) in [4.78, 5) is 29.0. The first-order valence-corrected chi connectivity index (χ1v) is 9.13. The van der Waals surface area contributed by atoms with Crippen LogP contribution in [0.4, 0.5) is 0 Å². The van der Waals surface area contributed by atoms with Crippen LogP contribution in [0, 0.1) is 5.41 Å². The van der Waals surface area contributed by atoms with Crippen molar-refractivity contribution in [2.24, 2.45) is 11.1 Å². The van der Waals surface area contributed by atoms with E-state index in [1.54, 1.807) is 35.0 Å². The molecule has 0 saturated carbocycles. The molecular weight excluding hydrogens is 397 g/mol. The van der Waals surface area contributed by atoms with Crippen LogP contribution in [-0.4, -0.2) is 54.3 Å². The molecule has 146 valence electrons. The number of benzene rings is 1. The number of halogens is 3. The van der Waals surface area contributed by atoms with Crippen molar-refractivity contribution in [1.29, 1.82) is 0 Å². The minimum absolute atomic E-state index is 0. The molecule has 1 aromatic carbocycles. The highest BCUT2D eigenvalue weighted by Crippen LogP contribution is 2.27. The average Bonchev–Trinajstić information content (AvgIpc) is 3.05. The van der Waals surface area contributed by atoms with Crippen molar-refractivity contribution in [3.05, 3.63) is 33.8 Å². The second kappa shape index (κ2) is 9.27. The molecule has 1 fully saturated rings. The van der Waals surface area contributed by atoms with Crippen molar-refractivity contribution >= 4 is 47.4 Å². The molecule has 1 atom stereocenters. The first kappa shape index (κ1) is 23.0. The van der Waals surface area contributed by atoms with Crippen LogP contribution in [-0.2, 0) is 4.79 Å². The van der Waals surface area contributed by atoms with Gasteiger partial charge in [-0.05, 0) is 43.0 Å². The fourth-order valence-corrected chi connectivity index (χ4v) is 3.40. The van der Waals surface area contributed by atoms with Gasteiger partial charge in [-0.1, -0.05) is 37.0 Å². The van der Waals surface area contributed by atoms with Crippen molar-refractivity contribution in [3.63, 3.8) is 0 Å². The van der Waals surface area contributed by atoms with E-state index in [1.807, 2.05) is 13.8 Å². The standard InChI is InChI=1S/C18H25Cl2N3O2.ClH/c1-18(2,10-21)11-22(3)17(25)15-5-4-8-23(15)16(24)12-6-7-13(19)14(20)9-12;/h6-7,9,15H,4-5,8,10-11,21H2,1-3H3;1H. The van der Waals surface area contributed by atoms with Gasteiger partial charge in [-0.3, -0.25) is 9.59 Å². The third kappa shape index (κ3) is 5.26. The van der Waals surface area contributed by atoms with E-state index in [1.165, 1.54) is 0 Å². The quantitative estimate of drug-likeness (QED) is 0.790. The summed E-state index contributed by atoms with van der Waals surface area (Å²) in [7, 11) is 1.76. The van der Waals surface area contributed by atoms with Gasteiger partial charge in [0.05, 0.1) is 10.0 Å². The molecule has 26 heavy (non-hydrogen) atoms. The maximum Gasteiger partial charge on any atom is 0.254 e. The first-order valence-electron chi connectivity index (χ1n) is 8.37. The van der Waals surface area contributed by atoms with Crippen LogP contribution in [0.2, 0.25) is 10.0 Å². The van der Waals surface area contributed by atoms with Gasteiger partial charge < -0.3 is 15.5 Å². The lowest BCUT2D eigenvalue weighted by atomic mass is 9.93. The summed E-state index contributed by atoms with van der Waals surface area (Å²) in [6.45, 7) is 5.63. The Kier molecular flexibility index (Phi) is 8.21. The number of nitrogens with zero attached hydrogens (tertiary/aromatic N) is 2. The van der Waals surface area contributed by atoms with E-state index >= 15 is 0 Å². The molecule has 2 N–H and O–H groups in total. The third-order valence-electron chi connectivity index (χ3n) is 4.56. The Labute approximate surface area is 171 Å². The number of carbonyl (C=O) groups is 2. The summed E-state index contributed by atoms with van der Waals surface area (Å²) < 4.78 is 0. The lowest BCUT2D eigenvalue weighted by molar-refractivity contribution is -0.135. The normalized spacial score (nSPS) is 17.0. The highest BCUT2D eigenvalue weighted by atomic mass is 35.5. The average molecular weight is 423 g/mol. The Morgan fingerprint density at radius 2 is 1.96 bits per heavy atom. The Morgan fingerprint density at radius 3 is 2.54 bits per heavy atom. The number of amides is 2. The van der Waals surface area contributed by atoms with E-state index in [0.29, 0.717) is 41.7 Å². The summed E-state index contributed by atoms with van der Waals surface area (Å²) >= 11 is 11.9. The summed E-state index contributed by atoms with van der Waals surface area (Å²) in [6.07, 6.45) is 1.47. The number of likely N-dealkylation sites (tertiary alicyclic amines) is 1. The van der Waals surface area contributed by atoms with Crippen LogP contribution in [0.5, 0.6) is 0 Å². The van der Waals surface area contributed by atoms with Gasteiger partial charge in [-0.15, -0.1) is 12.4 Å². The summed E-state index contributed by atoms with van der Waals surface area (Å²) in [5, 5.41) is 0.729. The van der Waals surface area contributed by atoms with Gasteiger partial charge in [0.25, 0.3) is 5.91 Å². The molecule has 5 nitrogen and oxygen atoms in total. The molecule has 0 bridgehead atoms. The van der Waals surface area contributed by atoms with Crippen LogP contribution in [0.15, 0.2) is 18.2 Å². The third-order valence-corrected chi connectivity index (χ3v) is 5.30. The van der Waals surface area contributed by atoms with E-state index in [0.717, 1.165) is 6.42 Å². The molecule has 1 aliphatic rings. The van der Waals surface area contributed by atoms with Gasteiger partial charge >= 0.3 is 0 Å². The number of carbonyl (C=O) groups excluding carboxylic acids is 2. The van der Waals surface area contributed by atoms with E-state index < -0.39 is 6.04 Å². The van der Waals surface area contributed by atoms with Crippen molar-refractivity contribution in [2.75, 3.05) is 26.7 Å². The van der Waals surface area contributed by atoms with Crippen molar-refractivity contribution in [3.8, 4) is 0 Å². The molecule has 0 radical (unpaired) electrons. The smallest absolute Gasteiger partial charge is 0.254 e. The zero-order valence-corrected chi connectivity index (χ0v) is 17.6. The predicted molar refractivity (Wildman–Crippen MR) is 108 cm³/mol. The number of likely N-dealkylation sites (N-methyl/N-ethyl adjacent to an activating group) is 1. The van der Waals surface area contributed by atoms with Gasteiger partial charge in [0.2, 0.25) is 5.91 Å². The maximum atomic E-state index is 12.9. The molecule has 1 aromatic rings. The van der Waals surface area contributed by atoms with E-state index in [-0.39, 0.29) is 29.6 Å². The molecule has 1 unspecified atom stereocenters. The molecule has 2 rings (SSSR count). The summed E-state index contributed by atoms with van der Waals surface area (Å²) in [5.41, 5.74) is 6.04. The van der Waals surface area contributed by atoms with Gasteiger partial charge in [0, 0.05) is 25.7 Å². The second-order valence-corrected chi connectivity index (χ2v) is 8.16. The molecule has 0 aromatic heterocycles. The summed E-state index contributed by atoms with van der Waals surface area (Å²) in [6, 6.07) is 4.34. The maximum absolute atomic E-state index is 12.9. The monoisotopic (exact) mass is 421 g/mol. The zero-order valence-electron chi connectivity index (χ0n) is 15.3. The van der Waals surface area contributed by atoms with Crippen LogP contribution in [0.25, 0.3) is 0 Å². The fraction of sp³-hybridized carbons (Fsp3) is 0.556. The van der Waals surface area contributed by atoms with E-state index in [4.69, 9.17) is 28.9 Å². The van der Waals surface area contributed by atoms with Gasteiger partial charge in [-0.25, -0.2) is 0 Å². The SMILES string of the molecule is CN(CC(C)(C)CN)C(=O)C1CCCN1C(=O)c1ccc(Cl)c(Cl)c1.Cl. The van der Waals surface area contributed by atoms with E-state index in [2.05, 4.69) is 0 Å². The number of nitrogens with two attached hydrogens (primary N) is 1. The molecule has 0 spiro atoms. The molecule has 1 saturated heterocycles. The predicted octanol–water partition coefficient (Wildman–Crippen LogP) is 3.46. The first-order chi connectivity index (χ1) is 11.7. The highest BCUT2D eigenvalue weighted by Gasteiger charge is 2.37. The Bertz CT molecular complexity index is 667. The lowest BCUT2D eigenvalue weighted by Crippen LogP contribution is -2.49. The molecule has 8 heteroatoms. The van der Waals surface area contributed by atoms with Gasteiger partial charge in [0.1, 0.15) is 6.04 Å². The number of hydrogen-bond acceptors (Lipinski definition) is 3. The molecule has 1 heterocycles.